The van der Waals surface area contributed by atoms with Gasteiger partial charge >= 0.3 is 7.32 Å². The molecule has 1 aliphatic heterocycles. The molecule has 2 fully saturated rings. The van der Waals surface area contributed by atoms with E-state index >= 15 is 0 Å². The number of hydrogen-bond donors (Lipinski definition) is 3. The summed E-state index contributed by atoms with van der Waals surface area (Å²) in [6, 6.07) is 7.59. The van der Waals surface area contributed by atoms with E-state index in [1.165, 1.54) is 6.26 Å². The summed E-state index contributed by atoms with van der Waals surface area (Å²) in [4.78, 5) is 2.33. The summed E-state index contributed by atoms with van der Waals surface area (Å²) >= 11 is 0. The summed E-state index contributed by atoms with van der Waals surface area (Å²) in [6.07, 6.45) is 3.34. The lowest BCUT2D eigenvalue weighted by Crippen LogP contribution is -2.48. The molecule has 2 unspecified atom stereocenters. The number of morpholine rings is 1. The van der Waals surface area contributed by atoms with Crippen molar-refractivity contribution < 1.29 is 32.3 Å². The Morgan fingerprint density at radius 2 is 2.00 bits per heavy atom. The molecule has 2 aliphatic rings. The molecule has 2 aromatic rings. The zero-order valence-corrected chi connectivity index (χ0v) is 18.2. The maximum absolute atomic E-state index is 13.0. The van der Waals surface area contributed by atoms with Gasteiger partial charge in [-0.1, -0.05) is 24.6 Å². The Bertz CT molecular complexity index is 961. The average Bonchev–Trinajstić information content (AvgIpc) is 3.35. The Morgan fingerprint density at radius 3 is 2.77 bits per heavy atom. The van der Waals surface area contributed by atoms with Crippen molar-refractivity contribution in [3.8, 4) is 0 Å². The molecule has 3 atom stereocenters. The Kier molecular flexibility index (Phi) is 7.32. The number of fused-ring (bicyclic) bond motifs is 1. The molecule has 1 saturated carbocycles. The normalized spacial score (nSPS) is 23.9. The minimum absolute atomic E-state index is 0.0186. The number of furan rings is 1. The standard InChI is InChI=1S/C20H29BN2O7S/c24-21(25)30-20(12-16-13-29-19-7-2-1-5-17(16)19)22-31(26,27)14-15-4-3-6-18(15)23-8-10-28-11-9-23/h1-2,5,7,13,15,18,20,22,24-25H,3-4,6,8-12,14H2/t15?,18?,20-/m1/s1. The van der Waals surface area contributed by atoms with E-state index in [0.717, 1.165) is 43.3 Å². The summed E-state index contributed by atoms with van der Waals surface area (Å²) in [5.74, 6) is -0.00669. The molecule has 1 aromatic heterocycles. The summed E-state index contributed by atoms with van der Waals surface area (Å²) < 4.78 is 44.5. The molecular weight excluding hydrogens is 423 g/mol. The van der Waals surface area contributed by atoms with E-state index in [9.17, 15) is 18.5 Å². The molecule has 3 N–H and O–H groups in total. The zero-order valence-electron chi connectivity index (χ0n) is 17.4. The first-order chi connectivity index (χ1) is 14.9. The van der Waals surface area contributed by atoms with Gasteiger partial charge in [-0.2, -0.15) is 4.72 Å². The lowest BCUT2D eigenvalue weighted by Gasteiger charge is -2.35. The first-order valence-corrected chi connectivity index (χ1v) is 12.3. The highest BCUT2D eigenvalue weighted by Gasteiger charge is 2.36. The van der Waals surface area contributed by atoms with Crippen LogP contribution in [0.25, 0.3) is 11.0 Å². The number of sulfonamides is 1. The smallest absolute Gasteiger partial charge is 0.464 e. The van der Waals surface area contributed by atoms with Crippen LogP contribution in [-0.4, -0.2) is 75.0 Å². The first-order valence-electron chi connectivity index (χ1n) is 10.7. The second-order valence-electron chi connectivity index (χ2n) is 8.22. The second-order valence-corrected chi connectivity index (χ2v) is 10.0. The maximum atomic E-state index is 13.0. The fourth-order valence-electron chi connectivity index (χ4n) is 4.79. The van der Waals surface area contributed by atoms with Crippen molar-refractivity contribution in [1.29, 1.82) is 0 Å². The van der Waals surface area contributed by atoms with Crippen LogP contribution in [-0.2, 0) is 25.8 Å². The van der Waals surface area contributed by atoms with Gasteiger partial charge in [-0.25, -0.2) is 8.42 Å². The lowest BCUT2D eigenvalue weighted by atomic mass is 10.0. The SMILES string of the molecule is O=S(=O)(CC1CCCC1N1CCOCC1)N[C@@H](Cc1coc2ccccc12)OB(O)O. The van der Waals surface area contributed by atoms with E-state index in [4.69, 9.17) is 13.8 Å². The predicted molar refractivity (Wildman–Crippen MR) is 115 cm³/mol. The fraction of sp³-hybridized carbons (Fsp3) is 0.600. The molecule has 11 heteroatoms. The molecule has 1 aliphatic carbocycles. The van der Waals surface area contributed by atoms with Crippen LogP contribution in [0.1, 0.15) is 24.8 Å². The highest BCUT2D eigenvalue weighted by atomic mass is 32.2. The summed E-state index contributed by atoms with van der Waals surface area (Å²) in [7, 11) is -5.82. The third-order valence-corrected chi connectivity index (χ3v) is 7.62. The second kappa shape index (κ2) is 9.99. The maximum Gasteiger partial charge on any atom is 0.635 e. The van der Waals surface area contributed by atoms with Crippen LogP contribution < -0.4 is 4.72 Å². The molecule has 0 radical (unpaired) electrons. The Morgan fingerprint density at radius 1 is 1.23 bits per heavy atom. The number of ether oxygens (including phenoxy) is 1. The molecule has 0 bridgehead atoms. The number of para-hydroxylation sites is 1. The number of rotatable bonds is 9. The number of nitrogens with one attached hydrogen (secondary N) is 1. The number of nitrogens with zero attached hydrogens (tertiary/aromatic N) is 1. The zero-order chi connectivity index (χ0) is 21.8. The van der Waals surface area contributed by atoms with Crippen molar-refractivity contribution >= 4 is 28.3 Å². The third-order valence-electron chi connectivity index (χ3n) is 6.13. The molecular formula is C20H29BN2O7S. The van der Waals surface area contributed by atoms with Crippen LogP contribution in [0.3, 0.4) is 0 Å². The Hall–Kier alpha value is -1.47. The van der Waals surface area contributed by atoms with Gasteiger partial charge in [0.2, 0.25) is 10.0 Å². The molecule has 0 spiro atoms. The molecule has 1 aromatic carbocycles. The van der Waals surface area contributed by atoms with E-state index in [1.807, 2.05) is 24.3 Å². The number of benzene rings is 1. The quantitative estimate of drug-likeness (QED) is 0.376. The van der Waals surface area contributed by atoms with Crippen molar-refractivity contribution in [3.05, 3.63) is 36.1 Å². The van der Waals surface area contributed by atoms with Crippen LogP contribution in [0, 0.1) is 5.92 Å². The van der Waals surface area contributed by atoms with E-state index in [1.54, 1.807) is 0 Å². The molecule has 170 valence electrons. The largest absolute Gasteiger partial charge is 0.635 e. The van der Waals surface area contributed by atoms with Gasteiger partial charge in [-0.3, -0.25) is 4.90 Å². The molecule has 2 heterocycles. The number of hydrogen-bond acceptors (Lipinski definition) is 8. The van der Waals surface area contributed by atoms with Gasteiger partial charge in [0.15, 0.2) is 0 Å². The van der Waals surface area contributed by atoms with Crippen LogP contribution in [0.15, 0.2) is 34.9 Å². The van der Waals surface area contributed by atoms with Crippen molar-refractivity contribution in [3.63, 3.8) is 0 Å². The van der Waals surface area contributed by atoms with Crippen molar-refractivity contribution in [2.45, 2.75) is 38.0 Å². The Labute approximate surface area is 182 Å². The van der Waals surface area contributed by atoms with E-state index in [0.29, 0.717) is 18.8 Å². The van der Waals surface area contributed by atoms with Crippen LogP contribution in [0.5, 0.6) is 0 Å². The monoisotopic (exact) mass is 452 g/mol. The highest BCUT2D eigenvalue weighted by molar-refractivity contribution is 7.89. The lowest BCUT2D eigenvalue weighted by molar-refractivity contribution is 0.0101. The molecule has 31 heavy (non-hydrogen) atoms. The van der Waals surface area contributed by atoms with E-state index < -0.39 is 23.6 Å². The summed E-state index contributed by atoms with van der Waals surface area (Å²) in [5, 5.41) is 19.5. The van der Waals surface area contributed by atoms with Gasteiger partial charge in [-0.15, -0.1) is 0 Å². The molecule has 0 amide bonds. The molecule has 1 saturated heterocycles. The highest BCUT2D eigenvalue weighted by Crippen LogP contribution is 2.31. The van der Waals surface area contributed by atoms with Crippen molar-refractivity contribution in [1.82, 2.24) is 9.62 Å². The van der Waals surface area contributed by atoms with Gasteiger partial charge in [0.25, 0.3) is 0 Å². The topological polar surface area (TPSA) is 121 Å². The van der Waals surface area contributed by atoms with Crippen LogP contribution in [0.2, 0.25) is 0 Å². The van der Waals surface area contributed by atoms with Crippen LogP contribution in [0.4, 0.5) is 0 Å². The minimum atomic E-state index is -3.72. The predicted octanol–water partition coefficient (Wildman–Crippen LogP) is 0.708. The average molecular weight is 452 g/mol. The summed E-state index contributed by atoms with van der Waals surface area (Å²) in [6.45, 7) is 3.00. The molecule has 4 rings (SSSR count). The third kappa shape index (κ3) is 5.86. The van der Waals surface area contributed by atoms with E-state index in [-0.39, 0.29) is 24.1 Å². The van der Waals surface area contributed by atoms with E-state index in [2.05, 4.69) is 9.62 Å². The van der Waals surface area contributed by atoms with Gasteiger partial charge in [-0.05, 0) is 24.8 Å². The van der Waals surface area contributed by atoms with Gasteiger partial charge in [0.05, 0.1) is 25.2 Å². The first kappa shape index (κ1) is 22.7. The van der Waals surface area contributed by atoms with Gasteiger partial charge in [0, 0.05) is 36.5 Å². The van der Waals surface area contributed by atoms with Crippen LogP contribution >= 0.6 is 0 Å². The minimum Gasteiger partial charge on any atom is -0.464 e. The van der Waals surface area contributed by atoms with Gasteiger partial charge in [0.1, 0.15) is 11.8 Å². The summed E-state index contributed by atoms with van der Waals surface area (Å²) in [5.41, 5.74) is 1.39. The van der Waals surface area contributed by atoms with Crippen molar-refractivity contribution in [2.24, 2.45) is 5.92 Å². The van der Waals surface area contributed by atoms with Crippen molar-refractivity contribution in [2.75, 3.05) is 32.1 Å². The fourth-order valence-corrected chi connectivity index (χ4v) is 6.37. The molecule has 9 nitrogen and oxygen atoms in total. The van der Waals surface area contributed by atoms with Gasteiger partial charge < -0.3 is 23.9 Å². The Balaban J connectivity index is 1.44.